The number of hydrogen-bond donors (Lipinski definition) is 2. The second kappa shape index (κ2) is 11.3. The fourth-order valence-electron chi connectivity index (χ4n) is 1.98. The molecule has 0 aliphatic rings. The summed E-state index contributed by atoms with van der Waals surface area (Å²) in [6.45, 7) is 7.24. The van der Waals surface area contributed by atoms with Gasteiger partial charge in [0.05, 0.1) is 18.5 Å². The van der Waals surface area contributed by atoms with Gasteiger partial charge in [0.15, 0.2) is 5.17 Å². The normalized spacial score (nSPS) is 10.9. The van der Waals surface area contributed by atoms with Crippen LogP contribution in [0.15, 0.2) is 35.8 Å². The summed E-state index contributed by atoms with van der Waals surface area (Å²) in [5, 5.41) is 5.73. The minimum Gasteiger partial charge on any atom is -0.453 e. The number of ether oxygens (including phenoxy) is 1. The molecule has 1 aromatic carbocycles. The lowest BCUT2D eigenvalue weighted by Gasteiger charge is -2.11. The molecule has 0 aliphatic carbocycles. The maximum absolute atomic E-state index is 11.5. The number of amides is 2. The van der Waals surface area contributed by atoms with Crippen LogP contribution in [0.25, 0.3) is 0 Å². The summed E-state index contributed by atoms with van der Waals surface area (Å²) in [5.74, 6) is 0.396. The fourth-order valence-corrected chi connectivity index (χ4v) is 2.58. The maximum Gasteiger partial charge on any atom is 0.412 e. The highest BCUT2D eigenvalue weighted by Gasteiger charge is 2.10. The number of anilines is 1. The number of methoxy groups -OCH3 is 1. The molecule has 0 atom stereocenters. The van der Waals surface area contributed by atoms with Gasteiger partial charge in [0, 0.05) is 12.7 Å². The highest BCUT2D eigenvalue weighted by Crippen LogP contribution is 2.28. The molecule has 0 saturated heterocycles. The second-order valence-electron chi connectivity index (χ2n) is 5.27. The van der Waals surface area contributed by atoms with Crippen molar-refractivity contribution in [2.24, 2.45) is 4.99 Å². The standard InChI is InChI=1S/C18H25N3O3S/c1-5-7-8-14-9-10-15(19-13(3)22)16(12-14)20-17(25-11-6-2)21-18(23)24-4/h6,9-10,12H,2,5,7-8,11H2,1,3-4H3,(H,19,22)(H,20,21,23). The minimum absolute atomic E-state index is 0.182. The van der Waals surface area contributed by atoms with Crippen LogP contribution in [0.4, 0.5) is 16.2 Å². The number of rotatable bonds is 7. The van der Waals surface area contributed by atoms with Crippen LogP contribution in [0.3, 0.4) is 0 Å². The van der Waals surface area contributed by atoms with E-state index >= 15 is 0 Å². The number of nitrogens with one attached hydrogen (secondary N) is 2. The number of hydrogen-bond acceptors (Lipinski definition) is 5. The van der Waals surface area contributed by atoms with Crippen molar-refractivity contribution in [2.45, 2.75) is 33.1 Å². The minimum atomic E-state index is -0.599. The first-order valence-electron chi connectivity index (χ1n) is 8.08. The van der Waals surface area contributed by atoms with Crippen LogP contribution in [0, 0.1) is 0 Å². The SMILES string of the molecule is C=CCSC(=Nc1cc(CCCC)ccc1NC(C)=O)NC(=O)OC. The predicted molar refractivity (Wildman–Crippen MR) is 105 cm³/mol. The molecule has 2 amide bonds. The van der Waals surface area contributed by atoms with Crippen molar-refractivity contribution in [3.8, 4) is 0 Å². The van der Waals surface area contributed by atoms with E-state index in [1.165, 1.54) is 25.8 Å². The Morgan fingerprint density at radius 3 is 2.76 bits per heavy atom. The van der Waals surface area contributed by atoms with Crippen LogP contribution < -0.4 is 10.6 Å². The van der Waals surface area contributed by atoms with E-state index in [-0.39, 0.29) is 5.91 Å². The average molecular weight is 363 g/mol. The molecule has 1 rings (SSSR count). The number of nitrogens with zero attached hydrogens (tertiary/aromatic N) is 1. The third-order valence-corrected chi connectivity index (χ3v) is 4.02. The molecule has 0 saturated carbocycles. The number of aryl methyl sites for hydroxylation is 1. The van der Waals surface area contributed by atoms with Gasteiger partial charge in [-0.05, 0) is 30.5 Å². The molecule has 0 radical (unpaired) electrons. The van der Waals surface area contributed by atoms with Gasteiger partial charge in [0.1, 0.15) is 0 Å². The van der Waals surface area contributed by atoms with Gasteiger partial charge in [0.25, 0.3) is 0 Å². The summed E-state index contributed by atoms with van der Waals surface area (Å²) in [6.07, 6.45) is 4.21. The first kappa shape index (κ1) is 20.8. The Hall–Kier alpha value is -2.28. The molecule has 1 aromatic rings. The van der Waals surface area contributed by atoms with E-state index < -0.39 is 6.09 Å². The summed E-state index contributed by atoms with van der Waals surface area (Å²) >= 11 is 1.32. The summed E-state index contributed by atoms with van der Waals surface area (Å²) < 4.78 is 4.63. The van der Waals surface area contributed by atoms with Gasteiger partial charge in [-0.2, -0.15) is 0 Å². The maximum atomic E-state index is 11.5. The van der Waals surface area contributed by atoms with E-state index in [9.17, 15) is 9.59 Å². The Labute approximate surface area is 153 Å². The average Bonchev–Trinajstić information content (AvgIpc) is 2.59. The predicted octanol–water partition coefficient (Wildman–Crippen LogP) is 4.25. The molecule has 2 N–H and O–H groups in total. The van der Waals surface area contributed by atoms with Gasteiger partial charge in [-0.3, -0.25) is 10.1 Å². The monoisotopic (exact) mass is 363 g/mol. The third kappa shape index (κ3) is 7.89. The van der Waals surface area contributed by atoms with Gasteiger partial charge in [0.2, 0.25) is 5.91 Å². The van der Waals surface area contributed by atoms with Crippen molar-refractivity contribution in [2.75, 3.05) is 18.2 Å². The van der Waals surface area contributed by atoms with Gasteiger partial charge < -0.3 is 10.1 Å². The third-order valence-electron chi connectivity index (χ3n) is 3.15. The molecule has 7 heteroatoms. The van der Waals surface area contributed by atoms with Crippen LogP contribution in [-0.4, -0.2) is 30.0 Å². The number of unbranched alkanes of at least 4 members (excludes halogenated alkanes) is 1. The van der Waals surface area contributed by atoms with Crippen LogP contribution >= 0.6 is 11.8 Å². The van der Waals surface area contributed by atoms with E-state index in [0.29, 0.717) is 22.3 Å². The molecule has 0 spiro atoms. The van der Waals surface area contributed by atoms with Crippen molar-refractivity contribution >= 4 is 40.3 Å². The summed E-state index contributed by atoms with van der Waals surface area (Å²) in [7, 11) is 1.29. The second-order valence-corrected chi connectivity index (χ2v) is 6.28. The zero-order valence-corrected chi connectivity index (χ0v) is 15.7. The largest absolute Gasteiger partial charge is 0.453 e. The van der Waals surface area contributed by atoms with Crippen molar-refractivity contribution in [1.29, 1.82) is 0 Å². The zero-order chi connectivity index (χ0) is 18.7. The van der Waals surface area contributed by atoms with Crippen LogP contribution in [0.5, 0.6) is 0 Å². The van der Waals surface area contributed by atoms with E-state index in [1.54, 1.807) is 6.08 Å². The van der Waals surface area contributed by atoms with Gasteiger partial charge in [-0.1, -0.05) is 37.2 Å². The summed E-state index contributed by atoms with van der Waals surface area (Å²) in [6, 6.07) is 5.73. The first-order chi connectivity index (χ1) is 12.0. The molecule has 25 heavy (non-hydrogen) atoms. The molecule has 0 aliphatic heterocycles. The summed E-state index contributed by atoms with van der Waals surface area (Å²) in [4.78, 5) is 27.5. The number of alkyl carbamates (subject to hydrolysis) is 1. The number of carbonyl (C=O) groups excluding carboxylic acids is 2. The zero-order valence-electron chi connectivity index (χ0n) is 14.9. The number of thioether (sulfide) groups is 1. The lowest BCUT2D eigenvalue weighted by molar-refractivity contribution is -0.114. The number of benzene rings is 1. The van der Waals surface area contributed by atoms with E-state index in [1.807, 2.05) is 18.2 Å². The topological polar surface area (TPSA) is 79.8 Å². The molecule has 0 bridgehead atoms. The Balaban J connectivity index is 3.21. The Kier molecular flexibility index (Phi) is 9.39. The Morgan fingerprint density at radius 1 is 1.40 bits per heavy atom. The molecular weight excluding hydrogens is 338 g/mol. The van der Waals surface area contributed by atoms with Crippen LogP contribution in [0.1, 0.15) is 32.3 Å². The highest BCUT2D eigenvalue weighted by atomic mass is 32.2. The molecule has 136 valence electrons. The first-order valence-corrected chi connectivity index (χ1v) is 9.06. The van der Waals surface area contributed by atoms with Crippen molar-refractivity contribution in [1.82, 2.24) is 5.32 Å². The molecule has 6 nitrogen and oxygen atoms in total. The quantitative estimate of drug-likeness (QED) is 0.431. The Morgan fingerprint density at radius 2 is 2.16 bits per heavy atom. The van der Waals surface area contributed by atoms with Gasteiger partial charge >= 0.3 is 6.09 Å². The Bertz CT molecular complexity index is 644. The molecule has 0 heterocycles. The van der Waals surface area contributed by atoms with Gasteiger partial charge in [-0.15, -0.1) is 6.58 Å². The van der Waals surface area contributed by atoms with E-state index in [2.05, 4.69) is 33.9 Å². The lowest BCUT2D eigenvalue weighted by Crippen LogP contribution is -2.28. The fraction of sp³-hybridized carbons (Fsp3) is 0.389. The van der Waals surface area contributed by atoms with Crippen molar-refractivity contribution in [3.05, 3.63) is 36.4 Å². The van der Waals surface area contributed by atoms with E-state index in [0.717, 1.165) is 24.8 Å². The van der Waals surface area contributed by atoms with Crippen molar-refractivity contribution < 1.29 is 14.3 Å². The van der Waals surface area contributed by atoms with Crippen LogP contribution in [-0.2, 0) is 16.0 Å². The number of amidine groups is 1. The van der Waals surface area contributed by atoms with Crippen LogP contribution in [0.2, 0.25) is 0 Å². The van der Waals surface area contributed by atoms with Crippen molar-refractivity contribution in [3.63, 3.8) is 0 Å². The molecule has 0 fully saturated rings. The molecule has 0 aromatic heterocycles. The number of carbonyl (C=O) groups is 2. The number of aliphatic imine (C=N–C) groups is 1. The summed E-state index contributed by atoms with van der Waals surface area (Å²) in [5.41, 5.74) is 2.31. The van der Waals surface area contributed by atoms with E-state index in [4.69, 9.17) is 0 Å². The smallest absolute Gasteiger partial charge is 0.412 e. The van der Waals surface area contributed by atoms with Gasteiger partial charge in [-0.25, -0.2) is 9.79 Å². The molecular formula is C18H25N3O3S. The lowest BCUT2D eigenvalue weighted by atomic mass is 10.1. The highest BCUT2D eigenvalue weighted by molar-refractivity contribution is 8.14. The molecule has 0 unspecified atom stereocenters.